The first-order valence-corrected chi connectivity index (χ1v) is 10.7. The molecule has 2 fully saturated rings. The van der Waals surface area contributed by atoms with Gasteiger partial charge in [-0.05, 0) is 37.0 Å². The van der Waals surface area contributed by atoms with E-state index in [0.717, 1.165) is 19.3 Å². The summed E-state index contributed by atoms with van der Waals surface area (Å²) in [5.41, 5.74) is 0.841. The third kappa shape index (κ3) is 3.77. The average Bonchev–Trinajstić information content (AvgIpc) is 3.03. The Morgan fingerprint density at radius 2 is 2.04 bits per heavy atom. The highest BCUT2D eigenvalue weighted by Gasteiger charge is 2.51. The van der Waals surface area contributed by atoms with Crippen LogP contribution in [0.3, 0.4) is 0 Å². The maximum absolute atomic E-state index is 13.0. The maximum Gasteiger partial charge on any atom is 0.243 e. The lowest BCUT2D eigenvalue weighted by Gasteiger charge is -2.36. The van der Waals surface area contributed by atoms with Gasteiger partial charge in [-0.2, -0.15) is 4.31 Å². The van der Waals surface area contributed by atoms with Gasteiger partial charge in [0.1, 0.15) is 0 Å². The molecule has 1 N–H and O–H groups in total. The molecule has 0 spiro atoms. The third-order valence-corrected chi connectivity index (χ3v) is 7.62. The number of rotatable bonds is 7. The minimum absolute atomic E-state index is 0.0173. The van der Waals surface area contributed by atoms with E-state index >= 15 is 0 Å². The van der Waals surface area contributed by atoms with Crippen molar-refractivity contribution in [3.63, 3.8) is 0 Å². The summed E-state index contributed by atoms with van der Waals surface area (Å²) in [5, 5.41) is 9.87. The molecule has 2 atom stereocenters. The van der Waals surface area contributed by atoms with Crippen LogP contribution in [0.1, 0.15) is 38.2 Å². The number of fused-ring (bicyclic) bond motifs is 1. The lowest BCUT2D eigenvalue weighted by Crippen LogP contribution is -2.41. The molecular weight excluding hydrogens is 338 g/mol. The second-order valence-electron chi connectivity index (χ2n) is 7.44. The summed E-state index contributed by atoms with van der Waals surface area (Å²) in [6.07, 6.45) is 5.22. The summed E-state index contributed by atoms with van der Waals surface area (Å²) in [6.45, 7) is 4.14. The first-order chi connectivity index (χ1) is 12.0. The Morgan fingerprint density at radius 3 is 2.68 bits per heavy atom. The number of aliphatic hydroxyl groups is 1. The van der Waals surface area contributed by atoms with E-state index in [0.29, 0.717) is 31.2 Å². The van der Waals surface area contributed by atoms with E-state index in [4.69, 9.17) is 4.74 Å². The number of benzene rings is 1. The van der Waals surface area contributed by atoms with Crippen molar-refractivity contribution in [1.82, 2.24) is 4.31 Å². The largest absolute Gasteiger partial charge is 0.396 e. The number of unbranched alkanes of at least 4 members (excludes halogenated alkanes) is 2. The van der Waals surface area contributed by atoms with Crippen molar-refractivity contribution in [2.75, 3.05) is 32.9 Å². The highest BCUT2D eigenvalue weighted by atomic mass is 32.2. The van der Waals surface area contributed by atoms with Gasteiger partial charge in [0.15, 0.2) is 0 Å². The molecule has 5 nitrogen and oxygen atoms in total. The first kappa shape index (κ1) is 18.8. The topological polar surface area (TPSA) is 66.8 Å². The molecule has 3 rings (SSSR count). The Balaban J connectivity index is 1.73. The predicted octanol–water partition coefficient (Wildman–Crippen LogP) is 2.44. The van der Waals surface area contributed by atoms with E-state index in [2.05, 4.69) is 6.92 Å². The fourth-order valence-corrected chi connectivity index (χ4v) is 5.58. The van der Waals surface area contributed by atoms with Crippen LogP contribution in [0.4, 0.5) is 0 Å². The zero-order valence-electron chi connectivity index (χ0n) is 15.0. The Hall–Kier alpha value is -0.950. The number of sulfonamides is 1. The second kappa shape index (κ2) is 7.74. The molecule has 2 aliphatic rings. The molecule has 2 saturated heterocycles. The van der Waals surface area contributed by atoms with Gasteiger partial charge < -0.3 is 9.84 Å². The van der Waals surface area contributed by atoms with E-state index in [1.165, 1.54) is 22.7 Å². The highest BCUT2D eigenvalue weighted by Crippen LogP contribution is 2.43. The van der Waals surface area contributed by atoms with Crippen LogP contribution >= 0.6 is 0 Å². The van der Waals surface area contributed by atoms with Crippen molar-refractivity contribution in [3.8, 4) is 0 Å². The van der Waals surface area contributed by atoms with Gasteiger partial charge >= 0.3 is 0 Å². The second-order valence-corrected chi connectivity index (χ2v) is 9.38. The van der Waals surface area contributed by atoms with Crippen LogP contribution in [0.25, 0.3) is 0 Å². The SMILES string of the molecule is CCCCCc1ccc(S(=O)(=O)N2C[C@@H]3COCC[C@]3(CO)C2)cc1. The molecule has 0 bridgehead atoms. The molecule has 1 aromatic rings. The molecule has 2 aliphatic heterocycles. The molecule has 25 heavy (non-hydrogen) atoms. The zero-order valence-corrected chi connectivity index (χ0v) is 15.8. The van der Waals surface area contributed by atoms with Crippen molar-refractivity contribution < 1.29 is 18.3 Å². The van der Waals surface area contributed by atoms with Crippen LogP contribution in [0.5, 0.6) is 0 Å². The van der Waals surface area contributed by atoms with E-state index in [1.54, 1.807) is 12.1 Å². The minimum Gasteiger partial charge on any atom is -0.396 e. The van der Waals surface area contributed by atoms with Gasteiger partial charge in [-0.15, -0.1) is 0 Å². The number of ether oxygens (including phenoxy) is 1. The normalized spacial score (nSPS) is 27.4. The monoisotopic (exact) mass is 367 g/mol. The van der Waals surface area contributed by atoms with Crippen molar-refractivity contribution in [3.05, 3.63) is 29.8 Å². The van der Waals surface area contributed by atoms with Crippen LogP contribution < -0.4 is 0 Å². The molecule has 0 saturated carbocycles. The van der Waals surface area contributed by atoms with Gasteiger partial charge in [-0.25, -0.2) is 8.42 Å². The van der Waals surface area contributed by atoms with Crippen LogP contribution in [0, 0.1) is 11.3 Å². The Labute approximate surface area is 151 Å². The molecule has 0 aliphatic carbocycles. The molecule has 140 valence electrons. The summed E-state index contributed by atoms with van der Waals surface area (Å²) in [5.74, 6) is 0.0781. The van der Waals surface area contributed by atoms with Gasteiger partial charge in [0.25, 0.3) is 0 Å². The van der Waals surface area contributed by atoms with Gasteiger partial charge in [-0.3, -0.25) is 0 Å². The molecule has 0 aromatic heterocycles. The summed E-state index contributed by atoms with van der Waals surface area (Å²) in [7, 11) is -3.52. The zero-order chi connectivity index (χ0) is 17.9. The Bertz CT molecular complexity index is 673. The highest BCUT2D eigenvalue weighted by molar-refractivity contribution is 7.89. The first-order valence-electron chi connectivity index (χ1n) is 9.29. The summed E-state index contributed by atoms with van der Waals surface area (Å²) < 4.78 is 33.1. The van der Waals surface area contributed by atoms with Crippen molar-refractivity contribution >= 4 is 10.0 Å². The fourth-order valence-electron chi connectivity index (χ4n) is 4.00. The summed E-state index contributed by atoms with van der Waals surface area (Å²) >= 11 is 0. The quantitative estimate of drug-likeness (QED) is 0.752. The van der Waals surface area contributed by atoms with Crippen LogP contribution in [0.2, 0.25) is 0 Å². The van der Waals surface area contributed by atoms with E-state index in [-0.39, 0.29) is 17.9 Å². The van der Waals surface area contributed by atoms with Gasteiger partial charge in [0.05, 0.1) is 18.1 Å². The van der Waals surface area contributed by atoms with E-state index in [9.17, 15) is 13.5 Å². The summed E-state index contributed by atoms with van der Waals surface area (Å²) in [4.78, 5) is 0.347. The van der Waals surface area contributed by atoms with Crippen LogP contribution in [-0.2, 0) is 21.2 Å². The van der Waals surface area contributed by atoms with Gasteiger partial charge in [-0.1, -0.05) is 31.9 Å². The number of hydrogen-bond donors (Lipinski definition) is 1. The molecular formula is C19H29NO4S. The van der Waals surface area contributed by atoms with Crippen LogP contribution in [-0.4, -0.2) is 50.7 Å². The average molecular weight is 368 g/mol. The number of nitrogens with zero attached hydrogens (tertiary/aromatic N) is 1. The molecule has 0 radical (unpaired) electrons. The summed E-state index contributed by atoms with van der Waals surface area (Å²) in [6, 6.07) is 7.30. The lowest BCUT2D eigenvalue weighted by molar-refractivity contribution is -0.0414. The smallest absolute Gasteiger partial charge is 0.243 e. The lowest BCUT2D eigenvalue weighted by atomic mass is 9.75. The van der Waals surface area contributed by atoms with Crippen molar-refractivity contribution in [2.24, 2.45) is 11.3 Å². The van der Waals surface area contributed by atoms with Crippen LogP contribution in [0.15, 0.2) is 29.2 Å². The molecule has 2 heterocycles. The standard InChI is InChI=1S/C19H29NO4S/c1-2-3-4-5-16-6-8-18(9-7-16)25(22,23)20-12-17-13-24-11-10-19(17,14-20)15-21/h6-9,17,21H,2-5,10-15H2,1H3/t17-,19-/m1/s1. The third-order valence-electron chi connectivity index (χ3n) is 5.79. The number of aliphatic hydroxyl groups excluding tert-OH is 1. The Kier molecular flexibility index (Phi) is 5.83. The van der Waals surface area contributed by atoms with E-state index < -0.39 is 10.0 Å². The molecule has 0 amide bonds. The van der Waals surface area contributed by atoms with E-state index in [1.807, 2.05) is 12.1 Å². The fraction of sp³-hybridized carbons (Fsp3) is 0.684. The van der Waals surface area contributed by atoms with Gasteiger partial charge in [0, 0.05) is 31.0 Å². The van der Waals surface area contributed by atoms with Crippen molar-refractivity contribution in [2.45, 2.75) is 43.9 Å². The maximum atomic E-state index is 13.0. The number of aryl methyl sites for hydroxylation is 1. The minimum atomic E-state index is -3.52. The molecule has 1 aromatic carbocycles. The number of hydrogen-bond acceptors (Lipinski definition) is 4. The van der Waals surface area contributed by atoms with Crippen molar-refractivity contribution in [1.29, 1.82) is 0 Å². The predicted molar refractivity (Wildman–Crippen MR) is 96.9 cm³/mol. The molecule has 0 unspecified atom stereocenters. The Morgan fingerprint density at radius 1 is 1.28 bits per heavy atom. The van der Waals surface area contributed by atoms with Gasteiger partial charge in [0.2, 0.25) is 10.0 Å². The molecule has 6 heteroatoms.